The molecule has 0 aromatic heterocycles. The minimum Gasteiger partial charge on any atom is -0.279 e. The van der Waals surface area contributed by atoms with Crippen LogP contribution in [-0.2, 0) is 30.4 Å². The fourth-order valence-electron chi connectivity index (χ4n) is 0. The van der Waals surface area contributed by atoms with Crippen molar-refractivity contribution in [2.24, 2.45) is 0 Å². The second-order valence-corrected chi connectivity index (χ2v) is 7.00. The maximum Gasteiger partial charge on any atom is 0.522 e. The van der Waals surface area contributed by atoms with Crippen molar-refractivity contribution in [1.82, 2.24) is 0 Å². The molecule has 0 fully saturated rings. The van der Waals surface area contributed by atoms with Crippen LogP contribution in [0, 0.1) is 35.6 Å². The Morgan fingerprint density at radius 3 is 0.480 bits per heavy atom. The van der Waals surface area contributed by atoms with Gasteiger partial charge in [0.1, 0.15) is 0 Å². The predicted molar refractivity (Wildman–Crippen MR) is 52.8 cm³/mol. The molecule has 0 heterocycles. The van der Waals surface area contributed by atoms with Crippen LogP contribution >= 0.6 is 0 Å². The van der Waals surface area contributed by atoms with Gasteiger partial charge in [-0.2, -0.15) is 64.8 Å². The number of alkyl halides is 9. The van der Waals surface area contributed by atoms with E-state index in [0.717, 1.165) is 0 Å². The first-order chi connectivity index (χ1) is 9.75. The Kier molecular flexibility index (Phi) is 13.2. The molecule has 0 bridgehead atoms. The maximum atomic E-state index is 10.7. The Morgan fingerprint density at radius 2 is 0.480 bits per heavy atom. The Labute approximate surface area is 160 Å². The van der Waals surface area contributed by atoms with E-state index >= 15 is 0 Å². The van der Waals surface area contributed by atoms with E-state index in [9.17, 15) is 39.5 Å². The Bertz CT molecular complexity index is 596. The van der Waals surface area contributed by atoms with E-state index in [2.05, 4.69) is 0 Å². The van der Waals surface area contributed by atoms with Crippen LogP contribution in [0.5, 0.6) is 0 Å². The van der Waals surface area contributed by atoms with E-state index in [1.54, 1.807) is 0 Å². The van der Waals surface area contributed by atoms with Gasteiger partial charge in [-0.3, -0.25) is 13.7 Å². The average molecular weight is 589 g/mol. The molecule has 0 aliphatic carbocycles. The van der Waals surface area contributed by atoms with Crippen LogP contribution < -0.4 is 0 Å². The fraction of sp³-hybridized carbons (Fsp3) is 1.00. The second-order valence-electron chi connectivity index (χ2n) is 2.76. The third-order valence-electron chi connectivity index (χ3n) is 0.877. The largest absolute Gasteiger partial charge is 0.522 e. The first kappa shape index (κ1) is 32.9. The van der Waals surface area contributed by atoms with Crippen LogP contribution in [0.15, 0.2) is 0 Å². The minimum atomic E-state index is -5.84. The van der Waals surface area contributed by atoms with Crippen molar-refractivity contribution in [2.45, 2.75) is 16.5 Å². The minimum absolute atomic E-state index is 0. The second kappa shape index (κ2) is 10.0. The van der Waals surface area contributed by atoms with Crippen LogP contribution in [0.1, 0.15) is 0 Å². The van der Waals surface area contributed by atoms with Gasteiger partial charge >= 0.3 is 46.9 Å². The summed E-state index contributed by atoms with van der Waals surface area (Å²) in [6.45, 7) is 0. The van der Waals surface area contributed by atoms with Gasteiger partial charge in [-0.05, 0) is 0 Å². The van der Waals surface area contributed by atoms with Gasteiger partial charge in [0.15, 0.2) is 0 Å². The molecule has 0 aliphatic heterocycles. The topological polar surface area (TPSA) is 163 Å². The molecule has 9 nitrogen and oxygen atoms in total. The fourth-order valence-corrected chi connectivity index (χ4v) is 0. The molecular weight excluding hydrogens is 586 g/mol. The summed E-state index contributed by atoms with van der Waals surface area (Å²) in [7, 11) is -17.5. The summed E-state index contributed by atoms with van der Waals surface area (Å²) in [4.78, 5) is 0. The molecule has 153 valence electrons. The van der Waals surface area contributed by atoms with E-state index < -0.39 is 46.9 Å². The monoisotopic (exact) mass is 589 g/mol. The number of rotatable bonds is 0. The standard InChI is InChI=1S/3CHF3O3S.La/c3*2-1(3,4)8(5,6)7;/h3*(H,5,6,7);. The van der Waals surface area contributed by atoms with Gasteiger partial charge in [0, 0.05) is 35.6 Å². The van der Waals surface area contributed by atoms with Crippen molar-refractivity contribution >= 4 is 30.4 Å². The van der Waals surface area contributed by atoms with Gasteiger partial charge < -0.3 is 0 Å². The first-order valence-corrected chi connectivity index (χ1v) is 8.18. The molecule has 25 heavy (non-hydrogen) atoms. The smallest absolute Gasteiger partial charge is 0.279 e. The predicted octanol–water partition coefficient (Wildman–Crippen LogP) is 1.18. The van der Waals surface area contributed by atoms with Crippen molar-refractivity contribution in [3.05, 3.63) is 0 Å². The van der Waals surface area contributed by atoms with Gasteiger partial charge in [0.2, 0.25) is 0 Å². The quantitative estimate of drug-likeness (QED) is 0.214. The SMILES string of the molecule is O=S(=O)(O)C(F)(F)F.O=S(=O)(O)C(F)(F)F.O=S(=O)(O)C(F)(F)F.[La]. The first-order valence-electron chi connectivity index (χ1n) is 3.86. The molecule has 0 spiro atoms. The van der Waals surface area contributed by atoms with Crippen LogP contribution in [-0.4, -0.2) is 55.4 Å². The van der Waals surface area contributed by atoms with Gasteiger partial charge in [-0.15, -0.1) is 0 Å². The maximum absolute atomic E-state index is 10.7. The van der Waals surface area contributed by atoms with Gasteiger partial charge in [-0.1, -0.05) is 0 Å². The number of hydrogen-bond acceptors (Lipinski definition) is 6. The van der Waals surface area contributed by atoms with Crippen molar-refractivity contribution in [3.8, 4) is 0 Å². The third-order valence-corrected chi connectivity index (χ3v) is 2.63. The summed E-state index contributed by atoms with van der Waals surface area (Å²) in [5.41, 5.74) is -16.6. The van der Waals surface area contributed by atoms with Gasteiger partial charge in [0.25, 0.3) is 0 Å². The molecule has 0 aliphatic rings. The van der Waals surface area contributed by atoms with E-state index in [1.807, 2.05) is 0 Å². The molecule has 22 heteroatoms. The third kappa shape index (κ3) is 16.2. The van der Waals surface area contributed by atoms with Crippen molar-refractivity contribution < 1.29 is 114 Å². The molecule has 0 saturated heterocycles. The molecule has 0 rings (SSSR count). The number of hydrogen-bond donors (Lipinski definition) is 3. The average Bonchev–Trinajstić information content (AvgIpc) is 2.08. The molecule has 1 radical (unpaired) electrons. The van der Waals surface area contributed by atoms with E-state index in [1.165, 1.54) is 0 Å². The molecule has 3 N–H and O–H groups in total. The summed E-state index contributed by atoms with van der Waals surface area (Å²) >= 11 is 0. The zero-order valence-corrected chi connectivity index (χ0v) is 16.6. The van der Waals surface area contributed by atoms with Crippen LogP contribution in [0.2, 0.25) is 0 Å². The van der Waals surface area contributed by atoms with Crippen LogP contribution in [0.3, 0.4) is 0 Å². The molecule has 0 saturated carbocycles. The summed E-state index contributed by atoms with van der Waals surface area (Å²) in [6, 6.07) is 0. The van der Waals surface area contributed by atoms with Crippen molar-refractivity contribution in [1.29, 1.82) is 0 Å². The number of halogens is 9. The van der Waals surface area contributed by atoms with E-state index in [-0.39, 0.29) is 35.6 Å². The summed E-state index contributed by atoms with van der Waals surface area (Å²) in [5.74, 6) is 0. The molecule has 0 unspecified atom stereocenters. The molecule has 0 aromatic carbocycles. The van der Waals surface area contributed by atoms with Crippen LogP contribution in [0.4, 0.5) is 39.5 Å². The molecular formula is C3H3F9LaO9S3. The molecule has 0 amide bonds. The van der Waals surface area contributed by atoms with E-state index in [4.69, 9.17) is 38.9 Å². The summed E-state index contributed by atoms with van der Waals surface area (Å²) < 4.78 is 173. The van der Waals surface area contributed by atoms with Gasteiger partial charge in [-0.25, -0.2) is 0 Å². The Hall–Kier alpha value is 0.295. The van der Waals surface area contributed by atoms with E-state index in [0.29, 0.717) is 0 Å². The normalized spacial score (nSPS) is 13.4. The van der Waals surface area contributed by atoms with Crippen molar-refractivity contribution in [3.63, 3.8) is 0 Å². The molecule has 0 atom stereocenters. The van der Waals surface area contributed by atoms with Gasteiger partial charge in [0.05, 0.1) is 0 Å². The summed E-state index contributed by atoms with van der Waals surface area (Å²) in [5, 5.41) is 0. The van der Waals surface area contributed by atoms with Crippen LogP contribution in [0.25, 0.3) is 0 Å². The van der Waals surface area contributed by atoms with Crippen molar-refractivity contribution in [2.75, 3.05) is 0 Å². The summed E-state index contributed by atoms with van der Waals surface area (Å²) in [6.07, 6.45) is 0. The zero-order chi connectivity index (χ0) is 21.0. The molecule has 0 aromatic rings. The zero-order valence-electron chi connectivity index (χ0n) is 10.5. The Morgan fingerprint density at radius 1 is 0.440 bits per heavy atom. The Balaban J connectivity index is -0.000000130.